The van der Waals surface area contributed by atoms with Gasteiger partial charge in [0.15, 0.2) is 17.4 Å². The average Bonchev–Trinajstić information content (AvgIpc) is 2.03. The second-order valence-corrected chi connectivity index (χ2v) is 2.71. The maximum atomic E-state index is 12.9. The highest BCUT2D eigenvalue weighted by Crippen LogP contribution is 2.20. The van der Waals surface area contributed by atoms with E-state index in [2.05, 4.69) is 0 Å². The first kappa shape index (κ1) is 9.92. The molecule has 0 aliphatic carbocycles. The highest BCUT2D eigenvalue weighted by Gasteiger charge is 2.09. The van der Waals surface area contributed by atoms with Crippen LogP contribution in [0.1, 0.15) is 6.92 Å². The van der Waals surface area contributed by atoms with Gasteiger partial charge in [0.2, 0.25) is 0 Å². The lowest BCUT2D eigenvalue weighted by molar-refractivity contribution is 0.117. The number of aliphatic hydroxyl groups is 1. The van der Waals surface area contributed by atoms with Gasteiger partial charge in [-0.2, -0.15) is 0 Å². The predicted molar refractivity (Wildman–Crippen MR) is 43.5 cm³/mol. The highest BCUT2D eigenvalue weighted by atomic mass is 19.1. The Balaban J connectivity index is 2.75. The second-order valence-electron chi connectivity index (χ2n) is 2.71. The molecule has 4 heteroatoms. The van der Waals surface area contributed by atoms with Crippen molar-refractivity contribution in [3.05, 3.63) is 29.8 Å². The van der Waals surface area contributed by atoms with Crippen molar-refractivity contribution >= 4 is 0 Å². The smallest absolute Gasteiger partial charge is 0.190 e. The van der Waals surface area contributed by atoms with Crippen LogP contribution in [-0.4, -0.2) is 17.8 Å². The van der Waals surface area contributed by atoms with Crippen molar-refractivity contribution in [1.29, 1.82) is 0 Å². The Morgan fingerprint density at radius 3 is 2.38 bits per heavy atom. The Hall–Kier alpha value is -1.16. The molecule has 72 valence electrons. The van der Waals surface area contributed by atoms with Gasteiger partial charge in [0.05, 0.1) is 6.10 Å². The van der Waals surface area contributed by atoms with Crippen LogP contribution in [0.25, 0.3) is 0 Å². The fourth-order valence-corrected chi connectivity index (χ4v) is 0.824. The van der Waals surface area contributed by atoms with E-state index in [0.29, 0.717) is 0 Å². The Morgan fingerprint density at radius 1 is 1.38 bits per heavy atom. The molecule has 1 aromatic carbocycles. The highest BCUT2D eigenvalue weighted by molar-refractivity contribution is 5.25. The number of benzene rings is 1. The van der Waals surface area contributed by atoms with Crippen molar-refractivity contribution in [3.8, 4) is 5.75 Å². The van der Waals surface area contributed by atoms with E-state index in [1.54, 1.807) is 0 Å². The number of rotatable bonds is 3. The van der Waals surface area contributed by atoms with E-state index < -0.39 is 23.5 Å². The standard InChI is InChI=1S/C9H10F2O2/c1-6(12)5-13-9-7(10)3-2-4-8(9)11/h2-4,6,12H,5H2,1H3/t6-/m0/s1. The summed E-state index contributed by atoms with van der Waals surface area (Å²) < 4.78 is 30.4. The third-order valence-corrected chi connectivity index (χ3v) is 1.39. The molecule has 13 heavy (non-hydrogen) atoms. The molecule has 0 saturated heterocycles. The van der Waals surface area contributed by atoms with Crippen molar-refractivity contribution < 1.29 is 18.6 Å². The third-order valence-electron chi connectivity index (χ3n) is 1.39. The molecular formula is C9H10F2O2. The molecule has 0 spiro atoms. The topological polar surface area (TPSA) is 29.5 Å². The number of hydrogen-bond acceptors (Lipinski definition) is 2. The number of hydrogen-bond donors (Lipinski definition) is 1. The second kappa shape index (κ2) is 4.18. The average molecular weight is 188 g/mol. The molecule has 0 radical (unpaired) electrons. The lowest BCUT2D eigenvalue weighted by Crippen LogP contribution is -2.14. The molecule has 2 nitrogen and oxygen atoms in total. The van der Waals surface area contributed by atoms with Gasteiger partial charge < -0.3 is 9.84 Å². The summed E-state index contributed by atoms with van der Waals surface area (Å²) in [6.45, 7) is 1.34. The molecule has 1 rings (SSSR count). The summed E-state index contributed by atoms with van der Waals surface area (Å²) in [5.41, 5.74) is 0. The van der Waals surface area contributed by atoms with Crippen molar-refractivity contribution in [2.24, 2.45) is 0 Å². The van der Waals surface area contributed by atoms with Gasteiger partial charge in [-0.3, -0.25) is 0 Å². The molecule has 0 fully saturated rings. The van der Waals surface area contributed by atoms with E-state index >= 15 is 0 Å². The van der Waals surface area contributed by atoms with Crippen LogP contribution >= 0.6 is 0 Å². The summed E-state index contributed by atoms with van der Waals surface area (Å²) in [6, 6.07) is 3.45. The van der Waals surface area contributed by atoms with E-state index in [-0.39, 0.29) is 6.61 Å². The zero-order valence-electron chi connectivity index (χ0n) is 7.13. The number of aliphatic hydroxyl groups excluding tert-OH is 1. The first-order valence-electron chi connectivity index (χ1n) is 3.86. The zero-order chi connectivity index (χ0) is 9.84. The Bertz CT molecular complexity index is 267. The van der Waals surface area contributed by atoms with E-state index in [9.17, 15) is 8.78 Å². The van der Waals surface area contributed by atoms with Crippen molar-refractivity contribution in [1.82, 2.24) is 0 Å². The Labute approximate surface area is 74.8 Å². The molecule has 0 aliphatic rings. The van der Waals surface area contributed by atoms with Crippen LogP contribution in [0.4, 0.5) is 8.78 Å². The lowest BCUT2D eigenvalue weighted by Gasteiger charge is -2.09. The van der Waals surface area contributed by atoms with Gasteiger partial charge in [-0.15, -0.1) is 0 Å². The minimum atomic E-state index is -0.763. The van der Waals surface area contributed by atoms with Crippen LogP contribution in [0, 0.1) is 11.6 Å². The first-order chi connectivity index (χ1) is 6.11. The summed E-state index contributed by atoms with van der Waals surface area (Å²) in [7, 11) is 0. The Morgan fingerprint density at radius 2 is 1.92 bits per heavy atom. The molecule has 0 aliphatic heterocycles. The minimum absolute atomic E-state index is 0.127. The van der Waals surface area contributed by atoms with Crippen LogP contribution in [0.5, 0.6) is 5.75 Å². The normalized spacial score (nSPS) is 12.6. The fraction of sp³-hybridized carbons (Fsp3) is 0.333. The van der Waals surface area contributed by atoms with Gasteiger partial charge in [0.1, 0.15) is 6.61 Å². The molecule has 0 saturated carbocycles. The molecular weight excluding hydrogens is 178 g/mol. The molecule has 1 atom stereocenters. The molecule has 0 aromatic heterocycles. The first-order valence-corrected chi connectivity index (χ1v) is 3.86. The van der Waals surface area contributed by atoms with Gasteiger partial charge in [0.25, 0.3) is 0 Å². The van der Waals surface area contributed by atoms with Gasteiger partial charge in [-0.05, 0) is 19.1 Å². The largest absolute Gasteiger partial charge is 0.485 e. The monoisotopic (exact) mass is 188 g/mol. The van der Waals surface area contributed by atoms with Crippen LogP contribution in [0.15, 0.2) is 18.2 Å². The third kappa shape index (κ3) is 2.66. The summed E-state index contributed by atoms with van der Waals surface area (Å²) in [5.74, 6) is -1.97. The van der Waals surface area contributed by atoms with Crippen molar-refractivity contribution in [2.45, 2.75) is 13.0 Å². The van der Waals surface area contributed by atoms with Gasteiger partial charge >= 0.3 is 0 Å². The van der Waals surface area contributed by atoms with E-state index in [0.717, 1.165) is 12.1 Å². The van der Waals surface area contributed by atoms with Crippen LogP contribution in [0.2, 0.25) is 0 Å². The van der Waals surface area contributed by atoms with Gasteiger partial charge in [0, 0.05) is 0 Å². The maximum Gasteiger partial charge on any atom is 0.190 e. The summed E-state index contributed by atoms with van der Waals surface area (Å²) in [5, 5.41) is 8.83. The van der Waals surface area contributed by atoms with Gasteiger partial charge in [-0.25, -0.2) is 8.78 Å². The van der Waals surface area contributed by atoms with E-state index in [1.165, 1.54) is 13.0 Å². The summed E-state index contributed by atoms with van der Waals surface area (Å²) >= 11 is 0. The van der Waals surface area contributed by atoms with E-state index in [4.69, 9.17) is 9.84 Å². The molecule has 0 unspecified atom stereocenters. The van der Waals surface area contributed by atoms with Crippen LogP contribution in [-0.2, 0) is 0 Å². The van der Waals surface area contributed by atoms with E-state index in [1.807, 2.05) is 0 Å². The number of para-hydroxylation sites is 1. The Kier molecular flexibility index (Phi) is 3.19. The maximum absolute atomic E-state index is 12.9. The quantitative estimate of drug-likeness (QED) is 0.782. The fourth-order valence-electron chi connectivity index (χ4n) is 0.824. The van der Waals surface area contributed by atoms with Crippen molar-refractivity contribution in [2.75, 3.05) is 6.61 Å². The van der Waals surface area contributed by atoms with Crippen LogP contribution < -0.4 is 4.74 Å². The SMILES string of the molecule is C[C@H](O)COc1c(F)cccc1F. The number of ether oxygens (including phenoxy) is 1. The lowest BCUT2D eigenvalue weighted by atomic mass is 10.3. The molecule has 1 aromatic rings. The summed E-state index contributed by atoms with van der Waals surface area (Å²) in [6.07, 6.45) is -0.751. The van der Waals surface area contributed by atoms with Crippen molar-refractivity contribution in [3.63, 3.8) is 0 Å². The number of halogens is 2. The molecule has 0 heterocycles. The van der Waals surface area contributed by atoms with Crippen LogP contribution in [0.3, 0.4) is 0 Å². The predicted octanol–water partition coefficient (Wildman–Crippen LogP) is 1.72. The zero-order valence-corrected chi connectivity index (χ0v) is 7.13. The molecule has 0 amide bonds. The van der Waals surface area contributed by atoms with Gasteiger partial charge in [-0.1, -0.05) is 6.07 Å². The summed E-state index contributed by atoms with van der Waals surface area (Å²) in [4.78, 5) is 0. The molecule has 1 N–H and O–H groups in total. The molecule has 0 bridgehead atoms. The minimum Gasteiger partial charge on any atom is -0.485 e.